The van der Waals surface area contributed by atoms with E-state index in [1.165, 1.54) is 32.8 Å². The maximum atomic E-state index is 7.42. The average Bonchev–Trinajstić information content (AvgIpc) is 0.801. The van der Waals surface area contributed by atoms with Crippen LogP contribution in [0.25, 0.3) is 49.7 Å². The van der Waals surface area contributed by atoms with Gasteiger partial charge in [0, 0.05) is 73.8 Å². The first-order valence-corrected chi connectivity index (χ1v) is 32.9. The van der Waals surface area contributed by atoms with Crippen molar-refractivity contribution in [2.45, 2.75) is 52.4 Å². The molecule has 0 spiro atoms. The maximum absolute atomic E-state index is 7.42. The van der Waals surface area contributed by atoms with E-state index in [1.807, 2.05) is 0 Å². The fraction of sp³-hybridized carbons (Fsp3) is 0.0930. The molecule has 0 unspecified atom stereocenters. The number of anilines is 9. The van der Waals surface area contributed by atoms with Crippen molar-refractivity contribution in [1.29, 1.82) is 0 Å². The Hall–Kier alpha value is -11.2. The molecule has 0 saturated heterocycles. The Bertz CT molecular complexity index is 5200. The minimum Gasteiger partial charge on any atom is -0.458 e. The maximum Gasteiger partial charge on any atom is 0.256 e. The normalized spacial score (nSPS) is 13.3. The highest BCUT2D eigenvalue weighted by Gasteiger charge is 2.48. The quantitative estimate of drug-likeness (QED) is 0.142. The molecule has 448 valence electrons. The van der Waals surface area contributed by atoms with Crippen LogP contribution in [0.2, 0.25) is 0 Å². The summed E-state index contributed by atoms with van der Waals surface area (Å²) in [7, 11) is 0. The molecule has 0 saturated carbocycles. The summed E-state index contributed by atoms with van der Waals surface area (Å²) < 4.78 is 17.3. The van der Waals surface area contributed by atoms with Crippen LogP contribution in [0.5, 0.6) is 23.0 Å². The third-order valence-corrected chi connectivity index (χ3v) is 19.9. The molecule has 5 heterocycles. The number of fused-ring (bicyclic) bond motifs is 11. The van der Waals surface area contributed by atoms with Gasteiger partial charge in [-0.1, -0.05) is 230 Å². The predicted molar refractivity (Wildman–Crippen MR) is 395 cm³/mol. The summed E-state index contributed by atoms with van der Waals surface area (Å²) in [5, 5.41) is 2.48. The zero-order valence-corrected chi connectivity index (χ0v) is 53.5. The summed E-state index contributed by atoms with van der Waals surface area (Å²) >= 11 is 0. The molecule has 0 bridgehead atoms. The average molecular weight is 1210 g/mol. The first kappa shape index (κ1) is 55.6. The van der Waals surface area contributed by atoms with Crippen molar-refractivity contribution in [1.82, 2.24) is 4.57 Å². The topological polar surface area (TPSA) is 33.1 Å². The molecule has 94 heavy (non-hydrogen) atoms. The van der Waals surface area contributed by atoms with Crippen LogP contribution in [0.4, 0.5) is 51.2 Å². The zero-order valence-electron chi connectivity index (χ0n) is 53.5. The number of aromatic nitrogens is 1. The Morgan fingerprint density at radius 3 is 1.28 bits per heavy atom. The van der Waals surface area contributed by atoms with Gasteiger partial charge in [-0.15, -0.1) is 0 Å². The van der Waals surface area contributed by atoms with Crippen LogP contribution >= 0.6 is 0 Å². The third kappa shape index (κ3) is 8.73. The molecule has 14 aromatic rings. The van der Waals surface area contributed by atoms with Crippen molar-refractivity contribution in [3.8, 4) is 50.9 Å². The van der Waals surface area contributed by atoms with Gasteiger partial charge in [-0.05, 0) is 157 Å². The molecule has 0 aliphatic carbocycles. The first-order valence-electron chi connectivity index (χ1n) is 32.9. The molecule has 13 aromatic carbocycles. The largest absolute Gasteiger partial charge is 0.458 e. The van der Waals surface area contributed by atoms with Crippen LogP contribution in [0.15, 0.2) is 291 Å². The van der Waals surface area contributed by atoms with E-state index in [-0.39, 0.29) is 24.3 Å². The van der Waals surface area contributed by atoms with Gasteiger partial charge in [0.05, 0.1) is 28.1 Å². The summed E-state index contributed by atoms with van der Waals surface area (Å²) in [5.41, 5.74) is 26.6. The lowest BCUT2D eigenvalue weighted by atomic mass is 9.31. The third-order valence-electron chi connectivity index (χ3n) is 19.9. The second-order valence-corrected chi connectivity index (χ2v) is 27.6. The minimum atomic E-state index is -0.233. The van der Waals surface area contributed by atoms with E-state index < -0.39 is 0 Å². The molecule has 0 amide bonds. The van der Waals surface area contributed by atoms with Crippen LogP contribution in [0.3, 0.4) is 0 Å². The monoisotopic (exact) mass is 1210 g/mol. The highest BCUT2D eigenvalue weighted by molar-refractivity contribution is 7.02. The molecule has 0 fully saturated rings. The van der Waals surface area contributed by atoms with E-state index in [2.05, 4.69) is 352 Å². The summed E-state index contributed by atoms with van der Waals surface area (Å²) in [6.07, 6.45) is 0. The molecular weight excluding hydrogens is 1140 g/mol. The Morgan fingerprint density at radius 2 is 0.766 bits per heavy atom. The van der Waals surface area contributed by atoms with E-state index in [0.29, 0.717) is 0 Å². The molecule has 18 rings (SSSR count). The molecule has 1 aromatic heterocycles. The van der Waals surface area contributed by atoms with Crippen LogP contribution < -0.4 is 57.0 Å². The Balaban J connectivity index is 0.969. The predicted octanol–water partition coefficient (Wildman–Crippen LogP) is 19.0. The molecular formula is C86H66B2N4O2. The summed E-state index contributed by atoms with van der Waals surface area (Å²) in [5.74, 6) is 3.36. The summed E-state index contributed by atoms with van der Waals surface area (Å²) in [6.45, 7) is 13.4. The Kier molecular flexibility index (Phi) is 12.5. The number of rotatable bonds is 8. The van der Waals surface area contributed by atoms with Gasteiger partial charge in [0.15, 0.2) is 0 Å². The molecule has 0 N–H and O–H groups in total. The van der Waals surface area contributed by atoms with Gasteiger partial charge in [0.25, 0.3) is 13.4 Å². The van der Waals surface area contributed by atoms with E-state index in [1.54, 1.807) is 0 Å². The van der Waals surface area contributed by atoms with Gasteiger partial charge in [0.2, 0.25) is 0 Å². The molecule has 4 aliphatic rings. The standard InChI is InChI=1S/C86H66B2N4O2/c1-85(2,3)57-43-45-72-66(47-57)67-48-58(86(4,5)6)44-46-73(67)91(72)63-50-76-82-81(52-63)94-78-41-24-22-39-68(78)87(82)70-53-71-75(54-74(70)90(76)61-35-20-11-21-36-61)92(84-64(55-27-12-7-13-28-55)37-26-38-65(84)56-29-14-8-15-30-56)77-49-62(51-80-83(77)88(71)69-40-23-25-42-79(69)93-80)89(59-31-16-9-17-32-59)60-33-18-10-19-34-60/h7-54H,1-6H3. The number of para-hydroxylation sites is 6. The van der Waals surface area contributed by atoms with Crippen molar-refractivity contribution in [3.63, 3.8) is 0 Å². The van der Waals surface area contributed by atoms with Crippen LogP contribution in [0, 0.1) is 0 Å². The molecule has 4 aliphatic heterocycles. The van der Waals surface area contributed by atoms with Gasteiger partial charge in [-0.25, -0.2) is 0 Å². The molecule has 8 heteroatoms. The van der Waals surface area contributed by atoms with Gasteiger partial charge in [-0.2, -0.15) is 0 Å². The number of benzene rings is 13. The van der Waals surface area contributed by atoms with E-state index >= 15 is 0 Å². The second-order valence-electron chi connectivity index (χ2n) is 27.6. The fourth-order valence-electron chi connectivity index (χ4n) is 15.5. The van der Waals surface area contributed by atoms with Crippen LogP contribution in [-0.4, -0.2) is 18.0 Å². The van der Waals surface area contributed by atoms with Crippen molar-refractivity contribution in [3.05, 3.63) is 302 Å². The summed E-state index contributed by atoms with van der Waals surface area (Å²) in [4.78, 5) is 7.52. The highest BCUT2D eigenvalue weighted by Crippen LogP contribution is 2.53. The van der Waals surface area contributed by atoms with E-state index in [4.69, 9.17) is 9.47 Å². The van der Waals surface area contributed by atoms with Crippen molar-refractivity contribution >= 4 is 119 Å². The number of ether oxygens (including phenoxy) is 2. The second kappa shape index (κ2) is 21.2. The van der Waals surface area contributed by atoms with E-state index in [9.17, 15) is 0 Å². The lowest BCUT2D eigenvalue weighted by Gasteiger charge is -2.45. The number of hydrogen-bond acceptors (Lipinski definition) is 5. The molecule has 6 nitrogen and oxygen atoms in total. The van der Waals surface area contributed by atoms with Crippen molar-refractivity contribution in [2.24, 2.45) is 0 Å². The smallest absolute Gasteiger partial charge is 0.256 e. The van der Waals surface area contributed by atoms with Gasteiger partial charge in [0.1, 0.15) is 23.0 Å². The SMILES string of the molecule is CC(C)(C)c1ccc2c(c1)c1cc(C(C)(C)C)ccc1n2-c1cc2c3c(c1)N(c1ccccc1)c1cc4c(cc1B3c1ccccc1O2)B1c2ccccc2Oc2cc(N(c3ccccc3)c3ccccc3)cc(c21)N4c1c(-c2ccccc2)cccc1-c1ccccc1. The number of hydrogen-bond donors (Lipinski definition) is 0. The molecule has 0 radical (unpaired) electrons. The van der Waals surface area contributed by atoms with Crippen molar-refractivity contribution in [2.75, 3.05) is 14.7 Å². The van der Waals surface area contributed by atoms with Crippen molar-refractivity contribution < 1.29 is 9.47 Å². The van der Waals surface area contributed by atoms with Crippen LogP contribution in [0.1, 0.15) is 52.7 Å². The fourth-order valence-corrected chi connectivity index (χ4v) is 15.5. The lowest BCUT2D eigenvalue weighted by Crippen LogP contribution is -2.63. The van der Waals surface area contributed by atoms with Gasteiger partial charge in [-0.3, -0.25) is 0 Å². The molecule has 0 atom stereocenters. The Morgan fingerprint density at radius 1 is 0.319 bits per heavy atom. The van der Waals surface area contributed by atoms with Gasteiger partial charge >= 0.3 is 0 Å². The zero-order chi connectivity index (χ0) is 63.1. The lowest BCUT2D eigenvalue weighted by molar-refractivity contribution is 0.487. The number of nitrogens with zero attached hydrogens (tertiary/aromatic N) is 4. The first-order chi connectivity index (χ1) is 45.9. The van der Waals surface area contributed by atoms with Crippen LogP contribution in [-0.2, 0) is 10.8 Å². The van der Waals surface area contributed by atoms with E-state index in [0.717, 1.165) is 135 Å². The minimum absolute atomic E-state index is 0.0486. The van der Waals surface area contributed by atoms with Gasteiger partial charge < -0.3 is 28.7 Å². The summed E-state index contributed by atoms with van der Waals surface area (Å²) in [6, 6.07) is 107. The Labute approximate surface area is 550 Å². The highest BCUT2D eigenvalue weighted by atomic mass is 16.5.